The zero-order valence-electron chi connectivity index (χ0n) is 9.76. The average Bonchev–Trinajstić information content (AvgIpc) is 2.46. The number of hydrogen-bond acceptors (Lipinski definition) is 3. The zero-order valence-corrected chi connectivity index (χ0v) is 10.5. The molecule has 0 amide bonds. The van der Waals surface area contributed by atoms with Crippen LogP contribution >= 0.6 is 11.6 Å². The van der Waals surface area contributed by atoms with E-state index < -0.39 is 5.60 Å². The summed E-state index contributed by atoms with van der Waals surface area (Å²) in [6, 6.07) is 0. The summed E-state index contributed by atoms with van der Waals surface area (Å²) in [7, 11) is 1.82. The van der Waals surface area contributed by atoms with Crippen molar-refractivity contribution < 1.29 is 5.11 Å². The highest BCUT2D eigenvalue weighted by molar-refractivity contribution is 6.30. The molecule has 4 nitrogen and oxygen atoms in total. The van der Waals surface area contributed by atoms with Crippen LogP contribution in [0.1, 0.15) is 24.1 Å². The van der Waals surface area contributed by atoms with Gasteiger partial charge in [-0.15, -0.1) is 0 Å². The lowest BCUT2D eigenvalue weighted by molar-refractivity contribution is 0.0107. The van der Waals surface area contributed by atoms with Gasteiger partial charge in [0, 0.05) is 19.0 Å². The third kappa shape index (κ3) is 2.24. The minimum absolute atomic E-state index is 0.604. The molecule has 0 spiro atoms. The number of rotatable bonds is 2. The standard InChI is InChI=1S/C11H18ClN3O/c1-8-9(10(12)15(2)14-8)7-11(16)3-5-13-6-4-11/h13,16H,3-7H2,1-2H3. The first-order valence-electron chi connectivity index (χ1n) is 5.63. The van der Waals surface area contributed by atoms with Crippen molar-refractivity contribution in [3.05, 3.63) is 16.4 Å². The number of aromatic nitrogens is 2. The molecule has 90 valence electrons. The lowest BCUT2D eigenvalue weighted by Crippen LogP contribution is -2.43. The number of aryl methyl sites for hydroxylation is 2. The maximum Gasteiger partial charge on any atom is 0.130 e. The molecule has 0 atom stereocenters. The molecule has 1 fully saturated rings. The molecule has 0 saturated carbocycles. The van der Waals surface area contributed by atoms with E-state index in [4.69, 9.17) is 11.6 Å². The van der Waals surface area contributed by atoms with Crippen LogP contribution in [-0.2, 0) is 13.5 Å². The second-order valence-electron chi connectivity index (χ2n) is 4.63. The molecule has 1 aromatic rings. The molecule has 2 rings (SSSR count). The predicted molar refractivity (Wildman–Crippen MR) is 63.7 cm³/mol. The Bertz CT molecular complexity index is 383. The molecule has 1 saturated heterocycles. The molecule has 2 N–H and O–H groups in total. The average molecular weight is 244 g/mol. The van der Waals surface area contributed by atoms with Gasteiger partial charge >= 0.3 is 0 Å². The second-order valence-corrected chi connectivity index (χ2v) is 4.99. The zero-order chi connectivity index (χ0) is 11.8. The Hall–Kier alpha value is -0.580. The fourth-order valence-electron chi connectivity index (χ4n) is 2.27. The Kier molecular flexibility index (Phi) is 3.24. The van der Waals surface area contributed by atoms with Gasteiger partial charge < -0.3 is 10.4 Å². The van der Waals surface area contributed by atoms with Crippen LogP contribution in [0.5, 0.6) is 0 Å². The summed E-state index contributed by atoms with van der Waals surface area (Å²) in [6.07, 6.45) is 2.16. The lowest BCUT2D eigenvalue weighted by atomic mass is 9.86. The largest absolute Gasteiger partial charge is 0.389 e. The predicted octanol–water partition coefficient (Wildman–Crippen LogP) is 1.04. The van der Waals surface area contributed by atoms with E-state index in [1.807, 2.05) is 14.0 Å². The van der Waals surface area contributed by atoms with E-state index in [0.717, 1.165) is 37.2 Å². The van der Waals surface area contributed by atoms with E-state index in [-0.39, 0.29) is 0 Å². The second kappa shape index (κ2) is 4.35. The topological polar surface area (TPSA) is 50.1 Å². The molecule has 0 radical (unpaired) electrons. The van der Waals surface area contributed by atoms with E-state index >= 15 is 0 Å². The third-order valence-electron chi connectivity index (χ3n) is 3.31. The van der Waals surface area contributed by atoms with Gasteiger partial charge in [-0.25, -0.2) is 0 Å². The number of aliphatic hydroxyl groups is 1. The molecule has 0 aromatic carbocycles. The van der Waals surface area contributed by atoms with Gasteiger partial charge in [0.1, 0.15) is 5.15 Å². The summed E-state index contributed by atoms with van der Waals surface area (Å²) in [5, 5.41) is 18.6. The molecule has 5 heteroatoms. The molecule has 1 aliphatic rings. The Morgan fingerprint density at radius 2 is 2.12 bits per heavy atom. The number of nitrogens with zero attached hydrogens (tertiary/aromatic N) is 2. The van der Waals surface area contributed by atoms with E-state index in [0.29, 0.717) is 11.6 Å². The van der Waals surface area contributed by atoms with Crippen molar-refractivity contribution in [2.45, 2.75) is 31.8 Å². The fourth-order valence-corrected chi connectivity index (χ4v) is 2.51. The maximum atomic E-state index is 10.4. The minimum atomic E-state index is -0.622. The summed E-state index contributed by atoms with van der Waals surface area (Å²) in [4.78, 5) is 0. The molecular formula is C11H18ClN3O. The van der Waals surface area contributed by atoms with Crippen molar-refractivity contribution in [1.29, 1.82) is 0 Å². The van der Waals surface area contributed by atoms with Gasteiger partial charge in [0.05, 0.1) is 11.3 Å². The first-order chi connectivity index (χ1) is 7.52. The van der Waals surface area contributed by atoms with Gasteiger partial charge in [-0.05, 0) is 32.9 Å². The lowest BCUT2D eigenvalue weighted by Gasteiger charge is -2.32. The van der Waals surface area contributed by atoms with E-state index in [2.05, 4.69) is 10.4 Å². The van der Waals surface area contributed by atoms with Gasteiger partial charge in [-0.3, -0.25) is 4.68 Å². The van der Waals surface area contributed by atoms with Crippen molar-refractivity contribution in [2.24, 2.45) is 7.05 Å². The van der Waals surface area contributed by atoms with Gasteiger partial charge in [0.15, 0.2) is 0 Å². The Morgan fingerprint density at radius 3 is 2.62 bits per heavy atom. The SMILES string of the molecule is Cc1nn(C)c(Cl)c1CC1(O)CCNCC1. The van der Waals surface area contributed by atoms with Gasteiger partial charge in [-0.2, -0.15) is 5.10 Å². The minimum Gasteiger partial charge on any atom is -0.389 e. The summed E-state index contributed by atoms with van der Waals surface area (Å²) >= 11 is 6.17. The van der Waals surface area contributed by atoms with Crippen molar-refractivity contribution >= 4 is 11.6 Å². The van der Waals surface area contributed by atoms with E-state index in [1.165, 1.54) is 0 Å². The van der Waals surface area contributed by atoms with E-state index in [1.54, 1.807) is 4.68 Å². The Morgan fingerprint density at radius 1 is 1.50 bits per heavy atom. The molecule has 1 aliphatic heterocycles. The highest BCUT2D eigenvalue weighted by Crippen LogP contribution is 2.28. The van der Waals surface area contributed by atoms with Crippen molar-refractivity contribution in [3.63, 3.8) is 0 Å². The molecule has 2 heterocycles. The number of piperidine rings is 1. The van der Waals surface area contributed by atoms with Gasteiger partial charge in [0.25, 0.3) is 0 Å². The van der Waals surface area contributed by atoms with Crippen LogP contribution in [-0.4, -0.2) is 33.6 Å². The molecule has 0 bridgehead atoms. The smallest absolute Gasteiger partial charge is 0.130 e. The van der Waals surface area contributed by atoms with Crippen molar-refractivity contribution in [1.82, 2.24) is 15.1 Å². The summed E-state index contributed by atoms with van der Waals surface area (Å²) < 4.78 is 1.66. The van der Waals surface area contributed by atoms with Crippen molar-refractivity contribution in [3.8, 4) is 0 Å². The summed E-state index contributed by atoms with van der Waals surface area (Å²) in [5.41, 5.74) is 1.27. The van der Waals surface area contributed by atoms with Crippen LogP contribution < -0.4 is 5.32 Å². The molecule has 16 heavy (non-hydrogen) atoms. The third-order valence-corrected chi connectivity index (χ3v) is 3.78. The number of nitrogens with one attached hydrogen (secondary N) is 1. The molecule has 1 aromatic heterocycles. The quantitative estimate of drug-likeness (QED) is 0.816. The molecule has 0 aliphatic carbocycles. The Labute approximate surface area is 101 Å². The highest BCUT2D eigenvalue weighted by Gasteiger charge is 2.31. The van der Waals surface area contributed by atoms with Crippen LogP contribution in [0, 0.1) is 6.92 Å². The highest BCUT2D eigenvalue weighted by atomic mass is 35.5. The van der Waals surface area contributed by atoms with Crippen LogP contribution in [0.2, 0.25) is 5.15 Å². The first-order valence-corrected chi connectivity index (χ1v) is 6.01. The van der Waals surface area contributed by atoms with E-state index in [9.17, 15) is 5.11 Å². The summed E-state index contributed by atoms with van der Waals surface area (Å²) in [5.74, 6) is 0. The van der Waals surface area contributed by atoms with Gasteiger partial charge in [-0.1, -0.05) is 11.6 Å². The van der Waals surface area contributed by atoms with Crippen molar-refractivity contribution in [2.75, 3.05) is 13.1 Å². The first kappa shape index (κ1) is 11.9. The summed E-state index contributed by atoms with van der Waals surface area (Å²) in [6.45, 7) is 3.67. The van der Waals surface area contributed by atoms with Crippen LogP contribution in [0.15, 0.2) is 0 Å². The Balaban J connectivity index is 2.19. The fraction of sp³-hybridized carbons (Fsp3) is 0.727. The maximum absolute atomic E-state index is 10.4. The normalized spacial score (nSPS) is 20.0. The van der Waals surface area contributed by atoms with Gasteiger partial charge in [0.2, 0.25) is 0 Å². The number of halogens is 1. The van der Waals surface area contributed by atoms with Crippen LogP contribution in [0.3, 0.4) is 0 Å². The van der Waals surface area contributed by atoms with Crippen LogP contribution in [0.4, 0.5) is 0 Å². The molecular weight excluding hydrogens is 226 g/mol. The molecule has 0 unspecified atom stereocenters. The van der Waals surface area contributed by atoms with Crippen LogP contribution in [0.25, 0.3) is 0 Å². The number of hydrogen-bond donors (Lipinski definition) is 2. The monoisotopic (exact) mass is 243 g/mol.